The zero-order chi connectivity index (χ0) is 12.5. The molecule has 17 heavy (non-hydrogen) atoms. The van der Waals surface area contributed by atoms with Gasteiger partial charge in [-0.05, 0) is 18.4 Å². The van der Waals surface area contributed by atoms with Crippen LogP contribution in [0.1, 0.15) is 32.3 Å². The maximum atomic E-state index is 11.5. The van der Waals surface area contributed by atoms with E-state index in [-0.39, 0.29) is 18.6 Å². The number of hydrogen-bond acceptors (Lipinski definition) is 2. The van der Waals surface area contributed by atoms with Crippen molar-refractivity contribution in [3.63, 3.8) is 0 Å². The van der Waals surface area contributed by atoms with Crippen LogP contribution in [0.15, 0.2) is 30.3 Å². The van der Waals surface area contributed by atoms with Crippen molar-refractivity contribution in [2.75, 3.05) is 6.61 Å². The molecule has 94 valence electrons. The van der Waals surface area contributed by atoms with Gasteiger partial charge < -0.3 is 10.1 Å². The summed E-state index contributed by atoms with van der Waals surface area (Å²) in [6.45, 7) is 4.75. The predicted octanol–water partition coefficient (Wildman–Crippen LogP) is 2.51. The molecule has 1 aromatic carbocycles. The van der Waals surface area contributed by atoms with Gasteiger partial charge in [-0.25, -0.2) is 0 Å². The second-order valence-electron chi connectivity index (χ2n) is 4.06. The minimum Gasteiger partial charge on any atom is -0.367 e. The molecular weight excluding hydrogens is 214 g/mol. The molecule has 0 aliphatic rings. The number of hydrogen-bond donors (Lipinski definition) is 1. The standard InChI is InChI=1S/C14H21NO2/c1-3-13(4-2)15-14(16)11-17-10-12-8-6-5-7-9-12/h5-9,13H,3-4,10-11H2,1-2H3,(H,15,16). The molecule has 1 aromatic rings. The second-order valence-corrected chi connectivity index (χ2v) is 4.06. The Morgan fingerprint density at radius 1 is 1.24 bits per heavy atom. The molecule has 0 bridgehead atoms. The molecule has 3 nitrogen and oxygen atoms in total. The average molecular weight is 235 g/mol. The van der Waals surface area contributed by atoms with Gasteiger partial charge in [-0.15, -0.1) is 0 Å². The Bertz CT molecular complexity index is 320. The minimum atomic E-state index is -0.0327. The van der Waals surface area contributed by atoms with Gasteiger partial charge in [0.1, 0.15) is 6.61 Å². The first-order valence-electron chi connectivity index (χ1n) is 6.17. The van der Waals surface area contributed by atoms with Crippen LogP contribution in [-0.4, -0.2) is 18.6 Å². The Hall–Kier alpha value is -1.35. The molecule has 0 radical (unpaired) electrons. The highest BCUT2D eigenvalue weighted by Gasteiger charge is 2.07. The van der Waals surface area contributed by atoms with Crippen molar-refractivity contribution in [3.8, 4) is 0 Å². The van der Waals surface area contributed by atoms with Gasteiger partial charge in [0.05, 0.1) is 6.61 Å². The number of amides is 1. The van der Waals surface area contributed by atoms with Crippen molar-refractivity contribution < 1.29 is 9.53 Å². The number of rotatable bonds is 7. The van der Waals surface area contributed by atoms with Gasteiger partial charge in [-0.2, -0.15) is 0 Å². The van der Waals surface area contributed by atoms with Crippen LogP contribution in [0.5, 0.6) is 0 Å². The van der Waals surface area contributed by atoms with E-state index in [0.29, 0.717) is 6.61 Å². The fourth-order valence-electron chi connectivity index (χ4n) is 1.60. The van der Waals surface area contributed by atoms with E-state index in [9.17, 15) is 4.79 Å². The highest BCUT2D eigenvalue weighted by Crippen LogP contribution is 2.00. The molecule has 0 atom stereocenters. The van der Waals surface area contributed by atoms with Crippen LogP contribution in [0.25, 0.3) is 0 Å². The van der Waals surface area contributed by atoms with E-state index in [1.165, 1.54) is 0 Å². The van der Waals surface area contributed by atoms with Crippen molar-refractivity contribution in [3.05, 3.63) is 35.9 Å². The quantitative estimate of drug-likeness (QED) is 0.788. The Morgan fingerprint density at radius 2 is 1.88 bits per heavy atom. The number of carbonyl (C=O) groups excluding carboxylic acids is 1. The predicted molar refractivity (Wildman–Crippen MR) is 68.6 cm³/mol. The molecular formula is C14H21NO2. The second kappa shape index (κ2) is 7.85. The smallest absolute Gasteiger partial charge is 0.246 e. The summed E-state index contributed by atoms with van der Waals surface area (Å²) < 4.78 is 5.36. The number of carbonyl (C=O) groups is 1. The van der Waals surface area contributed by atoms with Crippen molar-refractivity contribution in [1.82, 2.24) is 5.32 Å². The van der Waals surface area contributed by atoms with Gasteiger partial charge in [0, 0.05) is 6.04 Å². The van der Waals surface area contributed by atoms with Crippen molar-refractivity contribution in [2.45, 2.75) is 39.3 Å². The molecule has 0 saturated carbocycles. The average Bonchev–Trinajstić information content (AvgIpc) is 2.37. The first-order chi connectivity index (χ1) is 8.26. The lowest BCUT2D eigenvalue weighted by atomic mass is 10.2. The number of benzene rings is 1. The van der Waals surface area contributed by atoms with E-state index in [0.717, 1.165) is 18.4 Å². The zero-order valence-corrected chi connectivity index (χ0v) is 10.6. The normalized spacial score (nSPS) is 10.5. The Kier molecular flexibility index (Phi) is 6.33. The summed E-state index contributed by atoms with van der Waals surface area (Å²) in [6.07, 6.45) is 1.92. The fourth-order valence-corrected chi connectivity index (χ4v) is 1.60. The number of nitrogens with one attached hydrogen (secondary N) is 1. The molecule has 0 fully saturated rings. The van der Waals surface area contributed by atoms with E-state index in [4.69, 9.17) is 4.74 Å². The molecule has 0 aliphatic heterocycles. The molecule has 0 saturated heterocycles. The summed E-state index contributed by atoms with van der Waals surface area (Å²) in [5.74, 6) is -0.0327. The van der Waals surface area contributed by atoms with Crippen LogP contribution in [0.3, 0.4) is 0 Å². The maximum Gasteiger partial charge on any atom is 0.246 e. The third-order valence-corrected chi connectivity index (χ3v) is 2.70. The first kappa shape index (κ1) is 13.7. The lowest BCUT2D eigenvalue weighted by molar-refractivity contribution is -0.126. The maximum absolute atomic E-state index is 11.5. The zero-order valence-electron chi connectivity index (χ0n) is 10.6. The Balaban J connectivity index is 2.20. The van der Waals surface area contributed by atoms with E-state index in [1.54, 1.807) is 0 Å². The van der Waals surface area contributed by atoms with E-state index < -0.39 is 0 Å². The summed E-state index contributed by atoms with van der Waals surface area (Å²) in [5.41, 5.74) is 1.09. The summed E-state index contributed by atoms with van der Waals surface area (Å²) in [6, 6.07) is 10.1. The van der Waals surface area contributed by atoms with E-state index in [1.807, 2.05) is 30.3 Å². The van der Waals surface area contributed by atoms with E-state index >= 15 is 0 Å². The third kappa shape index (κ3) is 5.50. The van der Waals surface area contributed by atoms with Gasteiger partial charge in [0.15, 0.2) is 0 Å². The topological polar surface area (TPSA) is 38.3 Å². The first-order valence-corrected chi connectivity index (χ1v) is 6.17. The van der Waals surface area contributed by atoms with Gasteiger partial charge >= 0.3 is 0 Å². The van der Waals surface area contributed by atoms with Crippen LogP contribution in [0.4, 0.5) is 0 Å². The largest absolute Gasteiger partial charge is 0.367 e. The molecule has 0 spiro atoms. The van der Waals surface area contributed by atoms with Gasteiger partial charge in [0.25, 0.3) is 0 Å². The van der Waals surface area contributed by atoms with Crippen LogP contribution in [0, 0.1) is 0 Å². The van der Waals surface area contributed by atoms with Crippen LogP contribution < -0.4 is 5.32 Å². The van der Waals surface area contributed by atoms with Gasteiger partial charge in [-0.3, -0.25) is 4.79 Å². The van der Waals surface area contributed by atoms with Gasteiger partial charge in [-0.1, -0.05) is 44.2 Å². The molecule has 0 heterocycles. The lowest BCUT2D eigenvalue weighted by Crippen LogP contribution is -2.36. The Morgan fingerprint density at radius 3 is 2.47 bits per heavy atom. The van der Waals surface area contributed by atoms with Crippen molar-refractivity contribution >= 4 is 5.91 Å². The molecule has 1 rings (SSSR count). The fraction of sp³-hybridized carbons (Fsp3) is 0.500. The summed E-state index contributed by atoms with van der Waals surface area (Å²) >= 11 is 0. The number of ether oxygens (including phenoxy) is 1. The molecule has 1 amide bonds. The minimum absolute atomic E-state index is 0.0327. The van der Waals surface area contributed by atoms with Crippen molar-refractivity contribution in [2.24, 2.45) is 0 Å². The SMILES string of the molecule is CCC(CC)NC(=O)COCc1ccccc1. The van der Waals surface area contributed by atoms with E-state index in [2.05, 4.69) is 19.2 Å². The lowest BCUT2D eigenvalue weighted by Gasteiger charge is -2.14. The highest BCUT2D eigenvalue weighted by molar-refractivity contribution is 5.77. The molecule has 0 aromatic heterocycles. The molecule has 0 aliphatic carbocycles. The summed E-state index contributed by atoms with van der Waals surface area (Å²) in [4.78, 5) is 11.5. The van der Waals surface area contributed by atoms with Crippen LogP contribution in [0.2, 0.25) is 0 Å². The molecule has 1 N–H and O–H groups in total. The summed E-state index contributed by atoms with van der Waals surface area (Å²) in [5, 5.41) is 2.94. The Labute approximate surface area is 103 Å². The monoisotopic (exact) mass is 235 g/mol. The molecule has 3 heteroatoms. The van der Waals surface area contributed by atoms with Crippen LogP contribution in [-0.2, 0) is 16.1 Å². The van der Waals surface area contributed by atoms with Gasteiger partial charge in [0.2, 0.25) is 5.91 Å². The highest BCUT2D eigenvalue weighted by atomic mass is 16.5. The molecule has 0 unspecified atom stereocenters. The van der Waals surface area contributed by atoms with Crippen LogP contribution >= 0.6 is 0 Å². The third-order valence-electron chi connectivity index (χ3n) is 2.70. The summed E-state index contributed by atoms with van der Waals surface area (Å²) in [7, 11) is 0. The van der Waals surface area contributed by atoms with Crippen molar-refractivity contribution in [1.29, 1.82) is 0 Å².